The number of hydrogen-bond acceptors (Lipinski definition) is 4. The topological polar surface area (TPSA) is 35.9 Å². The Balaban J connectivity index is 1.45. The van der Waals surface area contributed by atoms with Crippen LogP contribution in [0.15, 0.2) is 54.6 Å². The maximum Gasteiger partial charge on any atom is 0.119 e. The highest BCUT2D eigenvalue weighted by Crippen LogP contribution is 2.21. The summed E-state index contributed by atoms with van der Waals surface area (Å²) in [6.45, 7) is 5.05. The van der Waals surface area contributed by atoms with Crippen LogP contribution in [0.25, 0.3) is 0 Å². The lowest BCUT2D eigenvalue weighted by Crippen LogP contribution is -2.46. The number of benzene rings is 2. The molecule has 0 aromatic heterocycles. The van der Waals surface area contributed by atoms with E-state index >= 15 is 0 Å². The van der Waals surface area contributed by atoms with Gasteiger partial charge >= 0.3 is 0 Å². The van der Waals surface area contributed by atoms with E-state index in [2.05, 4.69) is 21.9 Å². The highest BCUT2D eigenvalue weighted by atomic mass is 16.5. The summed E-state index contributed by atoms with van der Waals surface area (Å²) in [6, 6.07) is 18.2. The summed E-state index contributed by atoms with van der Waals surface area (Å²) in [5, 5.41) is 10.3. The minimum atomic E-state index is -0.370. The van der Waals surface area contributed by atoms with Gasteiger partial charge in [-0.2, -0.15) is 0 Å². The fourth-order valence-corrected chi connectivity index (χ4v) is 3.17. The molecule has 0 unspecified atom stereocenters. The summed E-state index contributed by atoms with van der Waals surface area (Å²) in [7, 11) is 1.69. The Morgan fingerprint density at radius 1 is 0.958 bits per heavy atom. The molecule has 1 aliphatic rings. The van der Waals surface area contributed by atoms with Crippen molar-refractivity contribution < 1.29 is 9.84 Å². The molecular weight excluding hydrogens is 300 g/mol. The van der Waals surface area contributed by atoms with Crippen LogP contribution >= 0.6 is 0 Å². The van der Waals surface area contributed by atoms with E-state index in [9.17, 15) is 5.11 Å². The fraction of sp³-hybridized carbons (Fsp3) is 0.400. The van der Waals surface area contributed by atoms with Crippen LogP contribution in [0.1, 0.15) is 18.1 Å². The predicted octanol–water partition coefficient (Wildman–Crippen LogP) is 2.94. The van der Waals surface area contributed by atoms with Crippen LogP contribution in [0.2, 0.25) is 0 Å². The Bertz CT molecular complexity index is 607. The number of methoxy groups -OCH3 is 1. The van der Waals surface area contributed by atoms with Crippen LogP contribution in [0, 0.1) is 0 Å². The first-order chi connectivity index (χ1) is 11.8. The molecule has 0 amide bonds. The summed E-state index contributed by atoms with van der Waals surface area (Å²) < 4.78 is 5.21. The minimum absolute atomic E-state index is 0.370. The molecule has 1 atom stereocenters. The largest absolute Gasteiger partial charge is 0.497 e. The van der Waals surface area contributed by atoms with Crippen LogP contribution in [-0.2, 0) is 0 Å². The number of anilines is 1. The fourth-order valence-electron chi connectivity index (χ4n) is 3.17. The van der Waals surface area contributed by atoms with E-state index in [0.29, 0.717) is 0 Å². The van der Waals surface area contributed by atoms with Gasteiger partial charge in [0.05, 0.1) is 13.2 Å². The number of ether oxygens (including phenoxy) is 1. The van der Waals surface area contributed by atoms with Gasteiger partial charge in [0.2, 0.25) is 0 Å². The van der Waals surface area contributed by atoms with Gasteiger partial charge in [-0.25, -0.2) is 0 Å². The standard InChI is InChI=1S/C20H26N2O2/c1-24-19-9-7-18(8-10-19)22-15-13-21(14-16-22)12-11-20(23)17-5-3-2-4-6-17/h2-10,20,23H,11-16H2,1H3/t20-/m1/s1. The van der Waals surface area contributed by atoms with Crippen LogP contribution < -0.4 is 9.64 Å². The Morgan fingerprint density at radius 2 is 1.62 bits per heavy atom. The Morgan fingerprint density at radius 3 is 2.25 bits per heavy atom. The molecule has 1 aliphatic heterocycles. The maximum atomic E-state index is 10.3. The van der Waals surface area contributed by atoms with Crippen LogP contribution in [0.3, 0.4) is 0 Å². The van der Waals surface area contributed by atoms with Crippen molar-refractivity contribution in [1.82, 2.24) is 4.90 Å². The quantitative estimate of drug-likeness (QED) is 0.885. The molecule has 2 aromatic carbocycles. The second-order valence-corrected chi connectivity index (χ2v) is 6.24. The van der Waals surface area contributed by atoms with Crippen molar-refractivity contribution in [2.24, 2.45) is 0 Å². The molecule has 0 aliphatic carbocycles. The van der Waals surface area contributed by atoms with Crippen molar-refractivity contribution in [2.45, 2.75) is 12.5 Å². The number of aliphatic hydroxyl groups excluding tert-OH is 1. The van der Waals surface area contributed by atoms with Gasteiger partial charge in [0.1, 0.15) is 5.75 Å². The first-order valence-corrected chi connectivity index (χ1v) is 8.60. The number of hydrogen-bond donors (Lipinski definition) is 1. The zero-order chi connectivity index (χ0) is 16.8. The lowest BCUT2D eigenvalue weighted by atomic mass is 10.1. The van der Waals surface area contributed by atoms with Gasteiger partial charge in [0, 0.05) is 38.4 Å². The third-order valence-electron chi connectivity index (χ3n) is 4.71. The van der Waals surface area contributed by atoms with Crippen LogP contribution in [0.4, 0.5) is 5.69 Å². The van der Waals surface area contributed by atoms with Crippen molar-refractivity contribution in [2.75, 3.05) is 44.7 Å². The molecule has 128 valence electrons. The van der Waals surface area contributed by atoms with Crippen LogP contribution in [0.5, 0.6) is 5.75 Å². The Labute approximate surface area is 144 Å². The van der Waals surface area contributed by atoms with Crippen molar-refractivity contribution in [3.8, 4) is 5.75 Å². The van der Waals surface area contributed by atoms with E-state index in [1.165, 1.54) is 5.69 Å². The first-order valence-electron chi connectivity index (χ1n) is 8.60. The molecule has 24 heavy (non-hydrogen) atoms. The molecule has 3 rings (SSSR count). The number of nitrogens with zero attached hydrogens (tertiary/aromatic N) is 2. The molecule has 0 radical (unpaired) electrons. The highest BCUT2D eigenvalue weighted by Gasteiger charge is 2.18. The molecular formula is C20H26N2O2. The van der Waals surface area contributed by atoms with E-state index in [4.69, 9.17) is 4.74 Å². The van der Waals surface area contributed by atoms with Crippen LogP contribution in [-0.4, -0.2) is 49.8 Å². The van der Waals surface area contributed by atoms with Crippen molar-refractivity contribution >= 4 is 5.69 Å². The average Bonchev–Trinajstić information content (AvgIpc) is 2.67. The van der Waals surface area contributed by atoms with Crippen molar-refractivity contribution in [3.63, 3.8) is 0 Å². The number of rotatable bonds is 6. The molecule has 1 heterocycles. The van der Waals surface area contributed by atoms with Crippen molar-refractivity contribution in [3.05, 3.63) is 60.2 Å². The zero-order valence-corrected chi connectivity index (χ0v) is 14.3. The third-order valence-corrected chi connectivity index (χ3v) is 4.71. The van der Waals surface area contributed by atoms with Gasteiger partial charge in [-0.15, -0.1) is 0 Å². The van der Waals surface area contributed by atoms with Gasteiger partial charge in [0.25, 0.3) is 0 Å². The third kappa shape index (κ3) is 4.28. The van der Waals surface area contributed by atoms with E-state index in [1.807, 2.05) is 42.5 Å². The smallest absolute Gasteiger partial charge is 0.119 e. The Kier molecular flexibility index (Phi) is 5.72. The predicted molar refractivity (Wildman–Crippen MR) is 97.7 cm³/mol. The van der Waals surface area contributed by atoms with Gasteiger partial charge in [0.15, 0.2) is 0 Å². The average molecular weight is 326 g/mol. The maximum absolute atomic E-state index is 10.3. The molecule has 0 bridgehead atoms. The first kappa shape index (κ1) is 16.8. The van der Waals surface area contributed by atoms with E-state index in [0.717, 1.165) is 50.5 Å². The summed E-state index contributed by atoms with van der Waals surface area (Å²) in [5.41, 5.74) is 2.26. The zero-order valence-electron chi connectivity index (χ0n) is 14.3. The summed E-state index contributed by atoms with van der Waals surface area (Å²) in [6.07, 6.45) is 0.415. The van der Waals surface area contributed by atoms with E-state index in [-0.39, 0.29) is 6.10 Å². The second kappa shape index (κ2) is 8.18. The minimum Gasteiger partial charge on any atom is -0.497 e. The monoisotopic (exact) mass is 326 g/mol. The molecule has 4 nitrogen and oxygen atoms in total. The SMILES string of the molecule is COc1ccc(N2CCN(CC[C@@H](O)c3ccccc3)CC2)cc1. The molecule has 0 saturated carbocycles. The summed E-state index contributed by atoms with van der Waals surface area (Å²) >= 11 is 0. The van der Waals surface area contributed by atoms with Gasteiger partial charge < -0.3 is 14.7 Å². The van der Waals surface area contributed by atoms with Gasteiger partial charge in [-0.1, -0.05) is 30.3 Å². The number of piperazine rings is 1. The highest BCUT2D eigenvalue weighted by molar-refractivity contribution is 5.49. The van der Waals surface area contributed by atoms with Gasteiger partial charge in [-0.05, 0) is 36.2 Å². The molecule has 1 saturated heterocycles. The second-order valence-electron chi connectivity index (χ2n) is 6.24. The normalized spacial score (nSPS) is 16.8. The molecule has 1 fully saturated rings. The molecule has 0 spiro atoms. The van der Waals surface area contributed by atoms with E-state index in [1.54, 1.807) is 7.11 Å². The number of aliphatic hydroxyl groups is 1. The lowest BCUT2D eigenvalue weighted by molar-refractivity contribution is 0.139. The van der Waals surface area contributed by atoms with Gasteiger partial charge in [-0.3, -0.25) is 4.90 Å². The summed E-state index contributed by atoms with van der Waals surface area (Å²) in [4.78, 5) is 4.84. The molecule has 1 N–H and O–H groups in total. The Hall–Kier alpha value is -2.04. The summed E-state index contributed by atoms with van der Waals surface area (Å²) in [5.74, 6) is 0.896. The van der Waals surface area contributed by atoms with E-state index < -0.39 is 0 Å². The lowest BCUT2D eigenvalue weighted by Gasteiger charge is -2.36. The molecule has 4 heteroatoms. The molecule has 2 aromatic rings. The van der Waals surface area contributed by atoms with Crippen molar-refractivity contribution in [1.29, 1.82) is 0 Å².